The molecule has 18 heavy (non-hydrogen) atoms. The predicted octanol–water partition coefficient (Wildman–Crippen LogP) is 1.76. The van der Waals surface area contributed by atoms with E-state index < -0.39 is 0 Å². The minimum atomic E-state index is 0.0270. The molecule has 6 N–H and O–H groups in total. The smallest absolute Gasteiger partial charge is 0.115 e. The van der Waals surface area contributed by atoms with Crippen LogP contribution >= 0.6 is 0 Å². The van der Waals surface area contributed by atoms with Crippen molar-refractivity contribution in [3.8, 4) is 16.9 Å². The van der Waals surface area contributed by atoms with E-state index in [1.54, 1.807) is 30.3 Å². The van der Waals surface area contributed by atoms with E-state index in [1.165, 1.54) is 0 Å². The fourth-order valence-corrected chi connectivity index (χ4v) is 2.01. The Balaban J connectivity index is 2.57. The molecule has 4 nitrogen and oxygen atoms in total. The van der Waals surface area contributed by atoms with Crippen molar-refractivity contribution in [3.63, 3.8) is 0 Å². The van der Waals surface area contributed by atoms with Crippen molar-refractivity contribution in [1.82, 2.24) is 0 Å². The molecule has 0 spiro atoms. The average Bonchev–Trinajstić information content (AvgIpc) is 2.33. The van der Waals surface area contributed by atoms with Crippen molar-refractivity contribution in [3.05, 3.63) is 42.0 Å². The fourth-order valence-electron chi connectivity index (χ4n) is 2.01. The van der Waals surface area contributed by atoms with Crippen LogP contribution in [0.3, 0.4) is 0 Å². The third kappa shape index (κ3) is 2.38. The molecule has 0 bridgehead atoms. The SMILES string of the molecule is Nc1cc(N)c(CCO)c(-c2ccc(O)cc2)c1. The average molecular weight is 244 g/mol. The van der Waals surface area contributed by atoms with Crippen molar-refractivity contribution in [2.24, 2.45) is 0 Å². The van der Waals surface area contributed by atoms with Crippen molar-refractivity contribution in [2.75, 3.05) is 18.1 Å². The lowest BCUT2D eigenvalue weighted by atomic mass is 9.95. The molecular formula is C14H16N2O2. The van der Waals surface area contributed by atoms with Gasteiger partial charge in [-0.25, -0.2) is 0 Å². The van der Waals surface area contributed by atoms with Crippen molar-refractivity contribution in [1.29, 1.82) is 0 Å². The Labute approximate surface area is 105 Å². The van der Waals surface area contributed by atoms with Gasteiger partial charge in [0.2, 0.25) is 0 Å². The summed E-state index contributed by atoms with van der Waals surface area (Å²) in [5.74, 6) is 0.208. The molecule has 0 amide bonds. The van der Waals surface area contributed by atoms with Gasteiger partial charge in [-0.15, -0.1) is 0 Å². The molecule has 94 valence electrons. The molecule has 0 aliphatic rings. The first-order chi connectivity index (χ1) is 8.61. The van der Waals surface area contributed by atoms with Crippen LogP contribution in [0.4, 0.5) is 11.4 Å². The maximum absolute atomic E-state index is 9.30. The van der Waals surface area contributed by atoms with Gasteiger partial charge in [0.15, 0.2) is 0 Å². The summed E-state index contributed by atoms with van der Waals surface area (Å²) in [6, 6.07) is 10.3. The number of rotatable bonds is 3. The van der Waals surface area contributed by atoms with Crippen molar-refractivity contribution >= 4 is 11.4 Å². The molecule has 0 fully saturated rings. The van der Waals surface area contributed by atoms with Gasteiger partial charge < -0.3 is 21.7 Å². The first kappa shape index (κ1) is 12.3. The van der Waals surface area contributed by atoms with E-state index in [1.807, 2.05) is 6.07 Å². The lowest BCUT2D eigenvalue weighted by molar-refractivity contribution is 0.300. The maximum Gasteiger partial charge on any atom is 0.115 e. The van der Waals surface area contributed by atoms with Crippen LogP contribution in [0.5, 0.6) is 5.75 Å². The third-order valence-electron chi connectivity index (χ3n) is 2.85. The van der Waals surface area contributed by atoms with Gasteiger partial charge in [-0.2, -0.15) is 0 Å². The molecular weight excluding hydrogens is 228 g/mol. The molecule has 0 aromatic heterocycles. The number of phenolic OH excluding ortho intramolecular Hbond substituents is 1. The predicted molar refractivity (Wildman–Crippen MR) is 73.2 cm³/mol. The van der Waals surface area contributed by atoms with E-state index in [4.69, 9.17) is 16.6 Å². The van der Waals surface area contributed by atoms with Crippen LogP contribution in [0.15, 0.2) is 36.4 Å². The van der Waals surface area contributed by atoms with Gasteiger partial charge in [-0.3, -0.25) is 0 Å². The van der Waals surface area contributed by atoms with E-state index in [0.29, 0.717) is 17.8 Å². The van der Waals surface area contributed by atoms with Gasteiger partial charge in [0.05, 0.1) is 0 Å². The molecule has 0 aliphatic carbocycles. The quantitative estimate of drug-likeness (QED) is 0.619. The molecule has 0 aliphatic heterocycles. The number of aliphatic hydroxyl groups is 1. The molecule has 2 rings (SSSR count). The number of anilines is 2. The topological polar surface area (TPSA) is 92.5 Å². The summed E-state index contributed by atoms with van der Waals surface area (Å²) < 4.78 is 0. The highest BCUT2D eigenvalue weighted by atomic mass is 16.3. The standard InChI is InChI=1S/C14H16N2O2/c15-10-7-13(9-1-3-11(18)4-2-9)12(5-6-17)14(16)8-10/h1-4,7-8,17-18H,5-6,15-16H2. The number of aliphatic hydroxyl groups excluding tert-OH is 1. The van der Waals surface area contributed by atoms with Crippen LogP contribution < -0.4 is 11.5 Å². The lowest BCUT2D eigenvalue weighted by Crippen LogP contribution is -2.02. The van der Waals surface area contributed by atoms with Crippen LogP contribution in [0, 0.1) is 0 Å². The number of aromatic hydroxyl groups is 1. The van der Waals surface area contributed by atoms with Crippen LogP contribution in [-0.2, 0) is 6.42 Å². The van der Waals surface area contributed by atoms with Crippen molar-refractivity contribution < 1.29 is 10.2 Å². The summed E-state index contributed by atoms with van der Waals surface area (Å²) in [6.45, 7) is 0.0270. The summed E-state index contributed by atoms with van der Waals surface area (Å²) in [5, 5.41) is 18.4. The Morgan fingerprint density at radius 1 is 1.00 bits per heavy atom. The minimum Gasteiger partial charge on any atom is -0.508 e. The Hall–Kier alpha value is -2.20. The number of nitrogen functional groups attached to an aromatic ring is 2. The second kappa shape index (κ2) is 4.98. The van der Waals surface area contributed by atoms with E-state index in [-0.39, 0.29) is 12.4 Å². The molecule has 0 heterocycles. The monoisotopic (exact) mass is 244 g/mol. The fraction of sp³-hybridized carbons (Fsp3) is 0.143. The number of hydrogen-bond acceptors (Lipinski definition) is 4. The Morgan fingerprint density at radius 3 is 2.28 bits per heavy atom. The number of hydrogen-bond donors (Lipinski definition) is 4. The van der Waals surface area contributed by atoms with E-state index in [2.05, 4.69) is 0 Å². The summed E-state index contributed by atoms with van der Waals surface area (Å²) in [7, 11) is 0. The summed E-state index contributed by atoms with van der Waals surface area (Å²) >= 11 is 0. The second-order valence-electron chi connectivity index (χ2n) is 4.16. The zero-order chi connectivity index (χ0) is 13.1. The number of benzene rings is 2. The van der Waals surface area contributed by atoms with Crippen molar-refractivity contribution in [2.45, 2.75) is 6.42 Å². The molecule has 4 heteroatoms. The zero-order valence-electron chi connectivity index (χ0n) is 9.93. The van der Waals surface area contributed by atoms with E-state index in [9.17, 15) is 5.11 Å². The van der Waals surface area contributed by atoms with Gasteiger partial charge in [-0.1, -0.05) is 12.1 Å². The van der Waals surface area contributed by atoms with E-state index >= 15 is 0 Å². The first-order valence-corrected chi connectivity index (χ1v) is 5.70. The van der Waals surface area contributed by atoms with E-state index in [0.717, 1.165) is 16.7 Å². The highest BCUT2D eigenvalue weighted by Gasteiger charge is 2.09. The number of nitrogens with two attached hydrogens (primary N) is 2. The molecule has 0 unspecified atom stereocenters. The van der Waals surface area contributed by atoms with Gasteiger partial charge in [-0.05, 0) is 47.4 Å². The lowest BCUT2D eigenvalue weighted by Gasteiger charge is -2.13. The molecule has 0 saturated carbocycles. The Kier molecular flexibility index (Phi) is 3.39. The van der Waals surface area contributed by atoms with Gasteiger partial charge >= 0.3 is 0 Å². The maximum atomic E-state index is 9.30. The molecule has 0 radical (unpaired) electrons. The molecule has 2 aromatic carbocycles. The van der Waals surface area contributed by atoms with Gasteiger partial charge in [0.25, 0.3) is 0 Å². The molecule has 0 saturated heterocycles. The molecule has 2 aromatic rings. The van der Waals surface area contributed by atoms with Gasteiger partial charge in [0.1, 0.15) is 5.75 Å². The second-order valence-corrected chi connectivity index (χ2v) is 4.16. The summed E-state index contributed by atoms with van der Waals surface area (Å²) in [6.07, 6.45) is 0.475. The van der Waals surface area contributed by atoms with Crippen LogP contribution in [-0.4, -0.2) is 16.8 Å². The van der Waals surface area contributed by atoms with Crippen LogP contribution in [0.25, 0.3) is 11.1 Å². The van der Waals surface area contributed by atoms with Crippen LogP contribution in [0.1, 0.15) is 5.56 Å². The minimum absolute atomic E-state index is 0.0270. The van der Waals surface area contributed by atoms with Crippen LogP contribution in [0.2, 0.25) is 0 Å². The first-order valence-electron chi connectivity index (χ1n) is 5.70. The zero-order valence-corrected chi connectivity index (χ0v) is 9.93. The number of phenols is 1. The summed E-state index contributed by atoms with van der Waals surface area (Å²) in [5.41, 5.74) is 15.6. The normalized spacial score (nSPS) is 10.5. The largest absolute Gasteiger partial charge is 0.508 e. The third-order valence-corrected chi connectivity index (χ3v) is 2.85. The Bertz CT molecular complexity index is 550. The Morgan fingerprint density at radius 2 is 1.67 bits per heavy atom. The summed E-state index contributed by atoms with van der Waals surface area (Å²) in [4.78, 5) is 0. The highest BCUT2D eigenvalue weighted by Crippen LogP contribution is 2.31. The highest BCUT2D eigenvalue weighted by molar-refractivity contribution is 5.77. The van der Waals surface area contributed by atoms with Gasteiger partial charge in [0, 0.05) is 18.0 Å². The molecule has 0 atom stereocenters.